The normalized spacial score (nSPS) is 13.4. The quantitative estimate of drug-likeness (QED) is 0.0195. The highest BCUT2D eigenvalue weighted by Crippen LogP contribution is 2.38. The smallest absolute Gasteiger partial charge is 0.306 e. The van der Waals surface area contributed by atoms with Crippen LogP contribution in [0.3, 0.4) is 0 Å². The van der Waals surface area contributed by atoms with Gasteiger partial charge in [-0.1, -0.05) is 363 Å². The van der Waals surface area contributed by atoms with Crippen molar-refractivity contribution in [3.05, 3.63) is 72.9 Å². The second-order valence-electron chi connectivity index (χ2n) is 28.0. The zero-order valence-electron chi connectivity index (χ0n) is 61.5. The van der Waals surface area contributed by atoms with Gasteiger partial charge >= 0.3 is 11.9 Å². The molecule has 0 saturated heterocycles. The first-order valence-electron chi connectivity index (χ1n) is 39.6. The fourth-order valence-corrected chi connectivity index (χ4v) is 12.4. The summed E-state index contributed by atoms with van der Waals surface area (Å²) in [5.41, 5.74) is 0. The molecule has 0 aliphatic rings. The fourth-order valence-electron chi connectivity index (χ4n) is 11.7. The standard InChI is InChI=1S/C82H152NO8P/c1-6-8-10-12-14-16-18-20-22-24-26-28-30-32-34-36-37-38-39-40-41-42-43-44-45-47-48-50-52-54-56-58-60-62-64-66-68-70-72-74-81(84)88-78-80(79-90-92(86,87)89-77-76-83(3,4)5)91-82(85)75-73-71-69-67-65-63-61-59-57-55-53-51-49-46-35-33-31-29-27-25-23-21-19-17-15-13-11-9-7-2/h9,11,15,17,21,23-24,26-27,29,33,35,80H,6-8,10,12-14,16,18-20,22,25,28,30-32,34,36-79H2,1-5H3/b11-9-,17-15-,23-21-,26-24-,29-27-,35-33-. The van der Waals surface area contributed by atoms with Crippen molar-refractivity contribution < 1.29 is 42.1 Å². The number of nitrogens with zero attached hydrogens (tertiary/aromatic N) is 1. The lowest BCUT2D eigenvalue weighted by Gasteiger charge is -2.28. The summed E-state index contributed by atoms with van der Waals surface area (Å²) in [6, 6.07) is 0. The average Bonchev–Trinajstić information content (AvgIpc) is 2.14. The number of carbonyl (C=O) groups excluding carboxylic acids is 2. The Labute approximate surface area is 571 Å². The Morgan fingerprint density at radius 2 is 0.620 bits per heavy atom. The van der Waals surface area contributed by atoms with Crippen LogP contribution in [0.1, 0.15) is 386 Å². The zero-order chi connectivity index (χ0) is 66.9. The van der Waals surface area contributed by atoms with Gasteiger partial charge in [-0.25, -0.2) is 0 Å². The van der Waals surface area contributed by atoms with Gasteiger partial charge in [0.05, 0.1) is 27.7 Å². The van der Waals surface area contributed by atoms with Crippen LogP contribution >= 0.6 is 7.82 Å². The van der Waals surface area contributed by atoms with E-state index in [-0.39, 0.29) is 32.0 Å². The van der Waals surface area contributed by atoms with E-state index in [2.05, 4.69) is 86.8 Å². The molecule has 10 heteroatoms. The van der Waals surface area contributed by atoms with E-state index in [1.54, 1.807) is 0 Å². The van der Waals surface area contributed by atoms with E-state index < -0.39 is 26.5 Å². The molecule has 0 aromatic heterocycles. The van der Waals surface area contributed by atoms with Gasteiger partial charge in [-0.15, -0.1) is 0 Å². The molecular weight excluding hydrogens is 1160 g/mol. The largest absolute Gasteiger partial charge is 0.756 e. The summed E-state index contributed by atoms with van der Waals surface area (Å²) >= 11 is 0. The van der Waals surface area contributed by atoms with Crippen molar-refractivity contribution in [2.24, 2.45) is 0 Å². The molecule has 9 nitrogen and oxygen atoms in total. The molecule has 0 heterocycles. The van der Waals surface area contributed by atoms with Gasteiger partial charge in [-0.2, -0.15) is 0 Å². The van der Waals surface area contributed by atoms with Crippen LogP contribution in [-0.4, -0.2) is 70.0 Å². The van der Waals surface area contributed by atoms with Crippen molar-refractivity contribution in [3.63, 3.8) is 0 Å². The molecule has 2 unspecified atom stereocenters. The van der Waals surface area contributed by atoms with Gasteiger partial charge in [0, 0.05) is 12.8 Å². The monoisotopic (exact) mass is 1310 g/mol. The average molecular weight is 1310 g/mol. The highest BCUT2D eigenvalue weighted by atomic mass is 31.2. The number of likely N-dealkylation sites (N-methyl/N-ethyl adjacent to an activating group) is 1. The van der Waals surface area contributed by atoms with E-state index >= 15 is 0 Å². The van der Waals surface area contributed by atoms with Gasteiger partial charge in [0.2, 0.25) is 0 Å². The molecule has 0 fully saturated rings. The van der Waals surface area contributed by atoms with Crippen LogP contribution in [0, 0.1) is 0 Å². The summed E-state index contributed by atoms with van der Waals surface area (Å²) in [5.74, 6) is -0.818. The minimum atomic E-state index is -4.65. The third-order valence-corrected chi connectivity index (χ3v) is 18.7. The number of phosphoric ester groups is 1. The van der Waals surface area contributed by atoms with Gasteiger partial charge in [-0.05, 0) is 83.5 Å². The van der Waals surface area contributed by atoms with Crippen LogP contribution in [-0.2, 0) is 32.7 Å². The van der Waals surface area contributed by atoms with E-state index in [9.17, 15) is 19.0 Å². The maximum Gasteiger partial charge on any atom is 0.306 e. The Morgan fingerprint density at radius 3 is 0.935 bits per heavy atom. The Hall–Kier alpha value is -2.55. The second-order valence-corrected chi connectivity index (χ2v) is 29.5. The zero-order valence-corrected chi connectivity index (χ0v) is 62.4. The molecule has 0 spiro atoms. The number of carbonyl (C=O) groups is 2. The molecule has 538 valence electrons. The Morgan fingerprint density at radius 1 is 0.348 bits per heavy atom. The van der Waals surface area contributed by atoms with Crippen molar-refractivity contribution in [2.75, 3.05) is 47.5 Å². The third kappa shape index (κ3) is 76.5. The lowest BCUT2D eigenvalue weighted by atomic mass is 10.0. The van der Waals surface area contributed by atoms with Crippen molar-refractivity contribution in [3.8, 4) is 0 Å². The highest BCUT2D eigenvalue weighted by molar-refractivity contribution is 7.45. The van der Waals surface area contributed by atoms with E-state index in [4.69, 9.17) is 18.5 Å². The van der Waals surface area contributed by atoms with Crippen molar-refractivity contribution in [1.29, 1.82) is 0 Å². The second kappa shape index (κ2) is 72.7. The van der Waals surface area contributed by atoms with Gasteiger partial charge in [0.1, 0.15) is 19.8 Å². The maximum atomic E-state index is 12.9. The molecule has 92 heavy (non-hydrogen) atoms. The molecule has 0 aromatic carbocycles. The van der Waals surface area contributed by atoms with Gasteiger partial charge in [-0.3, -0.25) is 14.2 Å². The Bertz CT molecular complexity index is 1780. The summed E-state index contributed by atoms with van der Waals surface area (Å²) in [5, 5.41) is 0. The van der Waals surface area contributed by atoms with Crippen LogP contribution in [0.25, 0.3) is 0 Å². The number of phosphoric acid groups is 1. The first kappa shape index (κ1) is 89.5. The summed E-state index contributed by atoms with van der Waals surface area (Å²) in [6.45, 7) is 4.18. The molecule has 0 radical (unpaired) electrons. The topological polar surface area (TPSA) is 111 Å². The molecular formula is C82H152NO8P. The van der Waals surface area contributed by atoms with E-state index in [1.807, 2.05) is 21.1 Å². The number of hydrogen-bond donors (Lipinski definition) is 0. The molecule has 0 rings (SSSR count). The molecule has 0 aromatic rings. The minimum Gasteiger partial charge on any atom is -0.756 e. The fraction of sp³-hybridized carbons (Fsp3) is 0.829. The third-order valence-electron chi connectivity index (χ3n) is 17.7. The molecule has 2 atom stereocenters. The summed E-state index contributed by atoms with van der Waals surface area (Å²) in [7, 11) is 1.18. The molecule has 0 aliphatic heterocycles. The van der Waals surface area contributed by atoms with Crippen LogP contribution in [0.15, 0.2) is 72.9 Å². The lowest BCUT2D eigenvalue weighted by molar-refractivity contribution is -0.870. The van der Waals surface area contributed by atoms with Crippen LogP contribution in [0.4, 0.5) is 0 Å². The Kier molecular flexibility index (Phi) is 70.7. The maximum absolute atomic E-state index is 12.9. The number of hydrogen-bond acceptors (Lipinski definition) is 8. The van der Waals surface area contributed by atoms with Gasteiger partial charge in [0.25, 0.3) is 7.82 Å². The predicted octanol–water partition coefficient (Wildman–Crippen LogP) is 25.7. The molecule has 0 saturated carbocycles. The highest BCUT2D eigenvalue weighted by Gasteiger charge is 2.22. The minimum absolute atomic E-state index is 0.0310. The molecule has 0 aliphatic carbocycles. The van der Waals surface area contributed by atoms with Crippen molar-refractivity contribution in [1.82, 2.24) is 0 Å². The van der Waals surface area contributed by atoms with Crippen LogP contribution < -0.4 is 4.89 Å². The van der Waals surface area contributed by atoms with E-state index in [0.29, 0.717) is 17.4 Å². The van der Waals surface area contributed by atoms with Gasteiger partial charge < -0.3 is 27.9 Å². The summed E-state index contributed by atoms with van der Waals surface area (Å²) < 4.78 is 34.4. The number of rotatable bonds is 74. The number of quaternary nitrogens is 1. The van der Waals surface area contributed by atoms with E-state index in [1.165, 1.54) is 283 Å². The molecule has 0 N–H and O–H groups in total. The van der Waals surface area contributed by atoms with Gasteiger partial charge in [0.15, 0.2) is 6.10 Å². The van der Waals surface area contributed by atoms with E-state index in [0.717, 1.165) is 70.6 Å². The molecule has 0 bridgehead atoms. The summed E-state index contributed by atoms with van der Waals surface area (Å²) in [6.07, 6.45) is 98.9. The Balaban J connectivity index is 3.91. The predicted molar refractivity (Wildman–Crippen MR) is 397 cm³/mol. The first-order chi connectivity index (χ1) is 45.0. The molecule has 0 amide bonds. The number of allylic oxidation sites excluding steroid dienone is 12. The SMILES string of the molecule is CC/C=C\C/C=C\C/C=C\C/C=C\C/C=C\CCCCCCCCCCCCCCCC(=O)OC(COC(=O)CCCCCCCCCCCCCCCCCCCCCCCCCCCCC/C=C\CCCCCCCCCC)COP(=O)([O-])OCC[N+](C)(C)C. The number of esters is 2. The lowest BCUT2D eigenvalue weighted by Crippen LogP contribution is -2.37. The summed E-state index contributed by atoms with van der Waals surface area (Å²) in [4.78, 5) is 38.2. The van der Waals surface area contributed by atoms with Crippen molar-refractivity contribution in [2.45, 2.75) is 392 Å². The first-order valence-corrected chi connectivity index (χ1v) is 41.1. The van der Waals surface area contributed by atoms with Crippen molar-refractivity contribution >= 4 is 19.8 Å². The van der Waals surface area contributed by atoms with Crippen LogP contribution in [0.5, 0.6) is 0 Å². The number of ether oxygens (including phenoxy) is 2. The van der Waals surface area contributed by atoms with Crippen LogP contribution in [0.2, 0.25) is 0 Å². The number of unbranched alkanes of at least 4 members (excludes halogenated alkanes) is 48.